The highest BCUT2D eigenvalue weighted by Crippen LogP contribution is 2.51. The van der Waals surface area contributed by atoms with Crippen LogP contribution in [0.2, 0.25) is 0 Å². The van der Waals surface area contributed by atoms with Gasteiger partial charge < -0.3 is 14.4 Å². The molecule has 1 amide bonds. The van der Waals surface area contributed by atoms with Gasteiger partial charge in [-0.3, -0.25) is 9.36 Å². The summed E-state index contributed by atoms with van der Waals surface area (Å²) in [4.78, 5) is 10.1. The lowest BCUT2D eigenvalue weighted by atomic mass is 10.8. The Morgan fingerprint density at radius 2 is 1.85 bits per heavy atom. The van der Waals surface area contributed by atoms with Gasteiger partial charge in [-0.1, -0.05) is 0 Å². The van der Waals surface area contributed by atoms with Crippen LogP contribution in [0.15, 0.2) is 0 Å². The minimum absolute atomic E-state index is 0.294. The van der Waals surface area contributed by atoms with E-state index in [9.17, 15) is 9.36 Å². The Bertz CT molecular complexity index is 187. The molecular formula is C7H16NO4P. The predicted octanol–water partition coefficient (Wildman–Crippen LogP) is 1.34. The second-order valence-corrected chi connectivity index (χ2v) is 4.71. The SMILES string of the molecule is CCOP(=O)(OCC)C(C)NC=O. The van der Waals surface area contributed by atoms with E-state index in [4.69, 9.17) is 9.05 Å². The lowest BCUT2D eigenvalue weighted by molar-refractivity contribution is -0.109. The Balaban J connectivity index is 4.36. The molecule has 78 valence electrons. The van der Waals surface area contributed by atoms with Crippen LogP contribution in [-0.2, 0) is 18.4 Å². The molecule has 0 aromatic rings. The molecule has 1 unspecified atom stereocenters. The first-order valence-corrected chi connectivity index (χ1v) is 5.80. The molecule has 0 bridgehead atoms. The molecule has 0 heterocycles. The first-order valence-electron chi connectivity index (χ1n) is 4.19. The van der Waals surface area contributed by atoms with Crippen LogP contribution in [0.5, 0.6) is 0 Å². The molecule has 0 saturated carbocycles. The standard InChI is InChI=1S/C7H16NO4P/c1-4-11-13(10,12-5-2)7(3)8-6-9/h6-7H,4-5H2,1-3H3,(H,8,9). The second kappa shape index (κ2) is 6.13. The Hall–Kier alpha value is -0.380. The van der Waals surface area contributed by atoms with Crippen molar-refractivity contribution >= 4 is 14.0 Å². The van der Waals surface area contributed by atoms with Crippen molar-refractivity contribution in [3.8, 4) is 0 Å². The van der Waals surface area contributed by atoms with Gasteiger partial charge in [-0.15, -0.1) is 0 Å². The monoisotopic (exact) mass is 209 g/mol. The van der Waals surface area contributed by atoms with Crippen LogP contribution in [0.25, 0.3) is 0 Å². The Kier molecular flexibility index (Phi) is 5.95. The van der Waals surface area contributed by atoms with Gasteiger partial charge in [-0.2, -0.15) is 0 Å². The molecule has 0 aliphatic heterocycles. The molecule has 1 N–H and O–H groups in total. The Morgan fingerprint density at radius 1 is 1.38 bits per heavy atom. The number of nitrogens with one attached hydrogen (secondary N) is 1. The number of rotatable bonds is 7. The van der Waals surface area contributed by atoms with Crippen molar-refractivity contribution in [1.82, 2.24) is 5.32 Å². The fourth-order valence-corrected chi connectivity index (χ4v) is 2.30. The van der Waals surface area contributed by atoms with E-state index in [1.807, 2.05) is 0 Å². The smallest absolute Gasteiger partial charge is 0.345 e. The average Bonchev–Trinajstić information content (AvgIpc) is 2.05. The van der Waals surface area contributed by atoms with Crippen LogP contribution in [0.3, 0.4) is 0 Å². The van der Waals surface area contributed by atoms with Crippen LogP contribution in [0.1, 0.15) is 20.8 Å². The van der Waals surface area contributed by atoms with E-state index < -0.39 is 13.4 Å². The zero-order chi connectivity index (χ0) is 10.3. The number of hydrogen-bond donors (Lipinski definition) is 1. The molecule has 0 aliphatic rings. The maximum Gasteiger partial charge on any atom is 0.352 e. The molecule has 0 radical (unpaired) electrons. The van der Waals surface area contributed by atoms with Gasteiger partial charge in [0.1, 0.15) is 5.78 Å². The molecular weight excluding hydrogens is 193 g/mol. The summed E-state index contributed by atoms with van der Waals surface area (Å²) < 4.78 is 21.8. The van der Waals surface area contributed by atoms with Gasteiger partial charge >= 0.3 is 7.60 Å². The highest BCUT2D eigenvalue weighted by molar-refractivity contribution is 7.54. The highest BCUT2D eigenvalue weighted by Gasteiger charge is 2.31. The molecule has 0 fully saturated rings. The van der Waals surface area contributed by atoms with Gasteiger partial charge in [0.25, 0.3) is 0 Å². The molecule has 0 saturated heterocycles. The first-order chi connectivity index (χ1) is 6.10. The maximum absolute atomic E-state index is 11.8. The number of carbonyl (C=O) groups excluding carboxylic acids is 1. The van der Waals surface area contributed by atoms with Gasteiger partial charge in [0.15, 0.2) is 0 Å². The minimum Gasteiger partial charge on any atom is -0.345 e. The van der Waals surface area contributed by atoms with Crippen molar-refractivity contribution in [2.75, 3.05) is 13.2 Å². The predicted molar refractivity (Wildman–Crippen MR) is 49.5 cm³/mol. The van der Waals surface area contributed by atoms with Crippen LogP contribution < -0.4 is 5.32 Å². The molecule has 5 nitrogen and oxygen atoms in total. The van der Waals surface area contributed by atoms with E-state index in [0.717, 1.165) is 0 Å². The van der Waals surface area contributed by atoms with E-state index >= 15 is 0 Å². The molecule has 6 heteroatoms. The van der Waals surface area contributed by atoms with E-state index in [1.54, 1.807) is 20.8 Å². The summed E-state index contributed by atoms with van der Waals surface area (Å²) in [6.45, 7) is 5.61. The van der Waals surface area contributed by atoms with Crippen LogP contribution in [0, 0.1) is 0 Å². The quantitative estimate of drug-likeness (QED) is 0.507. The topological polar surface area (TPSA) is 64.6 Å². The fourth-order valence-electron chi connectivity index (χ4n) is 0.811. The van der Waals surface area contributed by atoms with E-state index in [2.05, 4.69) is 5.32 Å². The minimum atomic E-state index is -3.17. The molecule has 13 heavy (non-hydrogen) atoms. The molecule has 0 rings (SSSR count). The van der Waals surface area contributed by atoms with Crippen LogP contribution in [0.4, 0.5) is 0 Å². The lowest BCUT2D eigenvalue weighted by Crippen LogP contribution is -2.26. The Morgan fingerprint density at radius 3 is 2.15 bits per heavy atom. The lowest BCUT2D eigenvalue weighted by Gasteiger charge is -2.22. The number of amides is 1. The number of carbonyl (C=O) groups is 1. The summed E-state index contributed by atoms with van der Waals surface area (Å²) in [5.74, 6) is -0.607. The van der Waals surface area contributed by atoms with E-state index in [-0.39, 0.29) is 0 Å². The summed E-state index contributed by atoms with van der Waals surface area (Å²) in [6, 6.07) is 0. The zero-order valence-electron chi connectivity index (χ0n) is 8.15. The summed E-state index contributed by atoms with van der Waals surface area (Å²) in [6.07, 6.45) is 0.482. The van der Waals surface area contributed by atoms with Gasteiger partial charge in [0.2, 0.25) is 6.41 Å². The second-order valence-electron chi connectivity index (χ2n) is 2.34. The van der Waals surface area contributed by atoms with Crippen molar-refractivity contribution in [1.29, 1.82) is 0 Å². The zero-order valence-corrected chi connectivity index (χ0v) is 9.04. The van der Waals surface area contributed by atoms with Gasteiger partial charge in [-0.05, 0) is 20.8 Å². The summed E-state index contributed by atoms with van der Waals surface area (Å²) >= 11 is 0. The fraction of sp³-hybridized carbons (Fsp3) is 0.857. The van der Waals surface area contributed by atoms with Crippen molar-refractivity contribution in [3.05, 3.63) is 0 Å². The summed E-state index contributed by atoms with van der Waals surface area (Å²) in [7, 11) is -3.17. The largest absolute Gasteiger partial charge is 0.352 e. The molecule has 0 spiro atoms. The molecule has 0 aromatic heterocycles. The van der Waals surface area contributed by atoms with Crippen LogP contribution in [-0.4, -0.2) is 25.4 Å². The van der Waals surface area contributed by atoms with Crippen LogP contribution >= 0.6 is 7.60 Å². The van der Waals surface area contributed by atoms with Crippen molar-refractivity contribution in [2.24, 2.45) is 0 Å². The third-order valence-corrected chi connectivity index (χ3v) is 3.74. The third-order valence-electron chi connectivity index (χ3n) is 1.40. The van der Waals surface area contributed by atoms with Gasteiger partial charge in [0, 0.05) is 0 Å². The van der Waals surface area contributed by atoms with Crippen molar-refractivity contribution < 1.29 is 18.4 Å². The van der Waals surface area contributed by atoms with Gasteiger partial charge in [-0.25, -0.2) is 0 Å². The first kappa shape index (κ1) is 12.6. The third kappa shape index (κ3) is 3.89. The van der Waals surface area contributed by atoms with Crippen molar-refractivity contribution in [3.63, 3.8) is 0 Å². The normalized spacial score (nSPS) is 13.8. The van der Waals surface area contributed by atoms with Gasteiger partial charge in [0.05, 0.1) is 13.2 Å². The number of hydrogen-bond acceptors (Lipinski definition) is 4. The van der Waals surface area contributed by atoms with E-state index in [0.29, 0.717) is 19.6 Å². The summed E-state index contributed by atoms with van der Waals surface area (Å²) in [5.41, 5.74) is 0. The Labute approximate surface area is 78.3 Å². The van der Waals surface area contributed by atoms with Crippen molar-refractivity contribution in [2.45, 2.75) is 26.6 Å². The van der Waals surface area contributed by atoms with E-state index in [1.165, 1.54) is 0 Å². The maximum atomic E-state index is 11.8. The molecule has 0 aliphatic carbocycles. The molecule has 0 aromatic carbocycles. The molecule has 1 atom stereocenters. The summed E-state index contributed by atoms with van der Waals surface area (Å²) in [5, 5.41) is 2.36. The highest BCUT2D eigenvalue weighted by atomic mass is 31.2. The average molecular weight is 209 g/mol.